The second kappa shape index (κ2) is 34.4. The minimum atomic E-state index is -0.173. The van der Waals surface area contributed by atoms with E-state index >= 15 is 0 Å². The van der Waals surface area contributed by atoms with Crippen molar-refractivity contribution >= 4 is 11.9 Å². The van der Waals surface area contributed by atoms with Gasteiger partial charge in [-0.1, -0.05) is 155 Å². The highest BCUT2D eigenvalue weighted by Crippen LogP contribution is 2.13. The minimum absolute atomic E-state index is 0.144. The van der Waals surface area contributed by atoms with E-state index in [0.29, 0.717) is 19.8 Å². The molecule has 0 aromatic heterocycles. The van der Waals surface area contributed by atoms with Gasteiger partial charge in [0.15, 0.2) is 0 Å². The van der Waals surface area contributed by atoms with Gasteiger partial charge in [-0.2, -0.15) is 0 Å². The lowest BCUT2D eigenvalue weighted by Gasteiger charge is -2.15. The molecule has 6 heteroatoms. The first-order valence-corrected chi connectivity index (χ1v) is 18.3. The van der Waals surface area contributed by atoms with E-state index in [1.165, 1.54) is 128 Å². The highest BCUT2D eigenvalue weighted by atomic mass is 16.5. The number of esters is 2. The number of likely N-dealkylation sites (N-methyl/N-ethyl adjacent to an activating group) is 1. The molecule has 0 rings (SSSR count). The van der Waals surface area contributed by atoms with Crippen molar-refractivity contribution in [2.45, 2.75) is 174 Å². The van der Waals surface area contributed by atoms with E-state index in [1.807, 2.05) is 11.9 Å². The number of ether oxygens (including phenoxy) is 2. The van der Waals surface area contributed by atoms with Crippen molar-refractivity contribution in [2.24, 2.45) is 0 Å². The van der Waals surface area contributed by atoms with Crippen molar-refractivity contribution in [1.82, 2.24) is 10.2 Å². The average molecular weight is 597 g/mol. The van der Waals surface area contributed by atoms with Gasteiger partial charge in [0.25, 0.3) is 0 Å². The van der Waals surface area contributed by atoms with Crippen LogP contribution in [0.4, 0.5) is 0 Å². The molecule has 0 saturated heterocycles. The van der Waals surface area contributed by atoms with Crippen LogP contribution in [0.15, 0.2) is 0 Å². The largest absolute Gasteiger partial charge is 0.465 e. The molecule has 0 unspecified atom stereocenters. The Kier molecular flexibility index (Phi) is 33.4. The summed E-state index contributed by atoms with van der Waals surface area (Å²) >= 11 is 0. The van der Waals surface area contributed by atoms with Crippen LogP contribution in [-0.2, 0) is 19.1 Å². The van der Waals surface area contributed by atoms with Crippen LogP contribution in [0.25, 0.3) is 0 Å². The smallest absolute Gasteiger partial charge is 0.320 e. The Labute approximate surface area is 261 Å². The number of hydrogen-bond donors (Lipinski definition) is 1. The molecule has 0 aliphatic rings. The maximum Gasteiger partial charge on any atom is 0.320 e. The fourth-order valence-electron chi connectivity index (χ4n) is 5.32. The van der Waals surface area contributed by atoms with Gasteiger partial charge in [0, 0.05) is 0 Å². The standard InChI is InChI=1S/C36H72N2O4/c1-4-6-8-10-12-14-16-18-20-22-24-26-31-41-35(39)33-37-29-28-30-38(3)34-36(40)42-32-27-25-23-21-19-17-15-13-11-9-7-5-2/h37H,4-34H2,1-3H3. The summed E-state index contributed by atoms with van der Waals surface area (Å²) in [6.45, 7) is 7.69. The van der Waals surface area contributed by atoms with Crippen molar-refractivity contribution in [3.8, 4) is 0 Å². The maximum absolute atomic E-state index is 12.1. The summed E-state index contributed by atoms with van der Waals surface area (Å²) in [6.07, 6.45) is 32.2. The van der Waals surface area contributed by atoms with Gasteiger partial charge in [-0.05, 0) is 39.4 Å². The Morgan fingerprint density at radius 1 is 0.500 bits per heavy atom. The monoisotopic (exact) mass is 597 g/mol. The van der Waals surface area contributed by atoms with E-state index in [9.17, 15) is 9.59 Å². The Balaban J connectivity index is 3.37. The summed E-state index contributed by atoms with van der Waals surface area (Å²) in [5, 5.41) is 3.15. The van der Waals surface area contributed by atoms with Gasteiger partial charge in [0.2, 0.25) is 0 Å². The van der Waals surface area contributed by atoms with Crippen LogP contribution < -0.4 is 5.32 Å². The van der Waals surface area contributed by atoms with Crippen molar-refractivity contribution < 1.29 is 19.1 Å². The number of carbonyl (C=O) groups excluding carboxylic acids is 2. The van der Waals surface area contributed by atoms with E-state index < -0.39 is 0 Å². The Morgan fingerprint density at radius 2 is 0.857 bits per heavy atom. The second-order valence-corrected chi connectivity index (χ2v) is 12.5. The summed E-state index contributed by atoms with van der Waals surface area (Å²) in [4.78, 5) is 25.9. The van der Waals surface area contributed by atoms with Gasteiger partial charge in [0.05, 0.1) is 26.3 Å². The van der Waals surface area contributed by atoms with Crippen LogP contribution in [-0.4, -0.2) is 63.3 Å². The molecule has 0 bridgehead atoms. The Hall–Kier alpha value is -1.14. The predicted octanol–water partition coefficient (Wildman–Crippen LogP) is 9.39. The quantitative estimate of drug-likeness (QED) is 0.0589. The molecule has 0 aliphatic carbocycles. The van der Waals surface area contributed by atoms with Gasteiger partial charge in [0.1, 0.15) is 0 Å². The SMILES string of the molecule is CCCCCCCCCCCCCCOC(=O)CNCCCN(C)CC(=O)OCCCCCCCCCCCCCC. The Bertz CT molecular complexity index is 573. The normalized spacial score (nSPS) is 11.3. The van der Waals surface area contributed by atoms with E-state index in [4.69, 9.17) is 9.47 Å². The molecule has 0 atom stereocenters. The molecule has 0 amide bonds. The molecule has 0 aromatic carbocycles. The van der Waals surface area contributed by atoms with E-state index in [2.05, 4.69) is 19.2 Å². The summed E-state index contributed by atoms with van der Waals surface area (Å²) in [6, 6.07) is 0. The Morgan fingerprint density at radius 3 is 1.26 bits per heavy atom. The number of carbonyl (C=O) groups is 2. The fourth-order valence-corrected chi connectivity index (χ4v) is 5.32. The first kappa shape index (κ1) is 40.9. The second-order valence-electron chi connectivity index (χ2n) is 12.5. The van der Waals surface area contributed by atoms with Crippen LogP contribution >= 0.6 is 0 Å². The van der Waals surface area contributed by atoms with Crippen LogP contribution in [0.3, 0.4) is 0 Å². The molecule has 0 saturated carbocycles. The molecule has 6 nitrogen and oxygen atoms in total. The molecular weight excluding hydrogens is 524 g/mol. The van der Waals surface area contributed by atoms with Crippen molar-refractivity contribution in [2.75, 3.05) is 46.4 Å². The molecule has 250 valence electrons. The zero-order chi connectivity index (χ0) is 30.8. The molecule has 0 heterocycles. The van der Waals surface area contributed by atoms with Gasteiger partial charge < -0.3 is 14.8 Å². The summed E-state index contributed by atoms with van der Waals surface area (Å²) in [5.74, 6) is -0.317. The van der Waals surface area contributed by atoms with E-state index in [-0.39, 0.29) is 18.5 Å². The van der Waals surface area contributed by atoms with E-state index in [1.54, 1.807) is 0 Å². The molecule has 0 fully saturated rings. The molecule has 0 spiro atoms. The molecule has 42 heavy (non-hydrogen) atoms. The molecular formula is C36H72N2O4. The number of nitrogens with zero attached hydrogens (tertiary/aromatic N) is 1. The first-order chi connectivity index (χ1) is 20.6. The first-order valence-electron chi connectivity index (χ1n) is 18.3. The van der Waals surface area contributed by atoms with Gasteiger partial charge in [-0.25, -0.2) is 0 Å². The zero-order valence-electron chi connectivity index (χ0n) is 28.5. The van der Waals surface area contributed by atoms with E-state index in [0.717, 1.165) is 45.2 Å². The highest BCUT2D eigenvalue weighted by Gasteiger charge is 2.08. The lowest BCUT2D eigenvalue weighted by atomic mass is 10.1. The molecule has 0 radical (unpaired) electrons. The number of nitrogens with one attached hydrogen (secondary N) is 1. The third-order valence-electron chi connectivity index (χ3n) is 8.08. The maximum atomic E-state index is 12.1. The summed E-state index contributed by atoms with van der Waals surface area (Å²) in [7, 11) is 1.94. The van der Waals surface area contributed by atoms with Gasteiger partial charge in [-0.15, -0.1) is 0 Å². The molecule has 0 aromatic rings. The van der Waals surface area contributed by atoms with Crippen molar-refractivity contribution in [3.63, 3.8) is 0 Å². The lowest BCUT2D eigenvalue weighted by molar-refractivity contribution is -0.145. The van der Waals surface area contributed by atoms with Crippen LogP contribution in [0.2, 0.25) is 0 Å². The number of unbranched alkanes of at least 4 members (excludes halogenated alkanes) is 22. The average Bonchev–Trinajstić information content (AvgIpc) is 2.97. The van der Waals surface area contributed by atoms with Gasteiger partial charge in [-0.3, -0.25) is 14.5 Å². The van der Waals surface area contributed by atoms with Gasteiger partial charge >= 0.3 is 11.9 Å². The third kappa shape index (κ3) is 33.4. The minimum Gasteiger partial charge on any atom is -0.465 e. The fraction of sp³-hybridized carbons (Fsp3) is 0.944. The zero-order valence-corrected chi connectivity index (χ0v) is 28.5. The highest BCUT2D eigenvalue weighted by molar-refractivity contribution is 5.71. The van der Waals surface area contributed by atoms with Crippen LogP contribution in [0.1, 0.15) is 174 Å². The lowest BCUT2D eigenvalue weighted by Crippen LogP contribution is -2.31. The number of rotatable bonds is 34. The summed E-state index contributed by atoms with van der Waals surface area (Å²) in [5.41, 5.74) is 0. The van der Waals surface area contributed by atoms with Crippen LogP contribution in [0.5, 0.6) is 0 Å². The third-order valence-corrected chi connectivity index (χ3v) is 8.08. The topological polar surface area (TPSA) is 67.9 Å². The van der Waals surface area contributed by atoms with Crippen LogP contribution in [0, 0.1) is 0 Å². The summed E-state index contributed by atoms with van der Waals surface area (Å²) < 4.78 is 10.7. The number of hydrogen-bond acceptors (Lipinski definition) is 6. The van der Waals surface area contributed by atoms with Crippen molar-refractivity contribution in [3.05, 3.63) is 0 Å². The molecule has 0 aliphatic heterocycles. The predicted molar refractivity (Wildman–Crippen MR) is 179 cm³/mol. The molecule has 1 N–H and O–H groups in total. The van der Waals surface area contributed by atoms with Crippen molar-refractivity contribution in [1.29, 1.82) is 0 Å².